The fourth-order valence-corrected chi connectivity index (χ4v) is 2.67. The van der Waals surface area contributed by atoms with Gasteiger partial charge >= 0.3 is 5.69 Å². The number of aromatic nitrogens is 3. The van der Waals surface area contributed by atoms with Gasteiger partial charge in [-0.3, -0.25) is 4.40 Å². The molecule has 4 nitrogen and oxygen atoms in total. The Bertz CT molecular complexity index is 549. The molecule has 16 heavy (non-hydrogen) atoms. The normalized spacial score (nSPS) is 18.0. The second-order valence-electron chi connectivity index (χ2n) is 4.50. The van der Waals surface area contributed by atoms with Gasteiger partial charge in [0.2, 0.25) is 0 Å². The van der Waals surface area contributed by atoms with E-state index < -0.39 is 0 Å². The van der Waals surface area contributed by atoms with Crippen LogP contribution in [0, 0.1) is 0 Å². The van der Waals surface area contributed by atoms with Crippen molar-refractivity contribution in [1.29, 1.82) is 0 Å². The SMILES string of the molecule is O=c1[nH]cc(C2CCCCC2)c2nccn12. The molecule has 1 N–H and O–H groups in total. The van der Waals surface area contributed by atoms with E-state index in [0.717, 1.165) is 5.65 Å². The zero-order chi connectivity index (χ0) is 11.0. The van der Waals surface area contributed by atoms with E-state index in [0.29, 0.717) is 5.92 Å². The molecule has 84 valence electrons. The third-order valence-electron chi connectivity index (χ3n) is 3.51. The number of nitrogens with zero attached hydrogens (tertiary/aromatic N) is 2. The maximum absolute atomic E-state index is 11.5. The highest BCUT2D eigenvalue weighted by atomic mass is 16.1. The lowest BCUT2D eigenvalue weighted by Gasteiger charge is -2.21. The van der Waals surface area contributed by atoms with Crippen molar-refractivity contribution in [3.05, 3.63) is 34.6 Å². The van der Waals surface area contributed by atoms with Crippen LogP contribution in [-0.4, -0.2) is 14.4 Å². The van der Waals surface area contributed by atoms with Crippen LogP contribution in [0.15, 0.2) is 23.4 Å². The maximum atomic E-state index is 11.5. The Labute approximate surface area is 93.3 Å². The summed E-state index contributed by atoms with van der Waals surface area (Å²) in [5, 5.41) is 0. The van der Waals surface area contributed by atoms with E-state index in [9.17, 15) is 4.79 Å². The van der Waals surface area contributed by atoms with Crippen LogP contribution in [0.25, 0.3) is 5.65 Å². The van der Waals surface area contributed by atoms with E-state index >= 15 is 0 Å². The first kappa shape index (κ1) is 9.63. The molecule has 0 saturated heterocycles. The highest BCUT2D eigenvalue weighted by molar-refractivity contribution is 5.48. The van der Waals surface area contributed by atoms with Crippen LogP contribution in [-0.2, 0) is 0 Å². The van der Waals surface area contributed by atoms with Gasteiger partial charge in [-0.1, -0.05) is 19.3 Å². The smallest absolute Gasteiger partial charge is 0.313 e. The molecule has 1 fully saturated rings. The van der Waals surface area contributed by atoms with Crippen LogP contribution < -0.4 is 5.69 Å². The van der Waals surface area contributed by atoms with Crippen molar-refractivity contribution < 1.29 is 0 Å². The zero-order valence-corrected chi connectivity index (χ0v) is 9.15. The molecule has 0 radical (unpaired) electrons. The molecule has 2 heterocycles. The van der Waals surface area contributed by atoms with Gasteiger partial charge in [-0.15, -0.1) is 0 Å². The van der Waals surface area contributed by atoms with Gasteiger partial charge in [0, 0.05) is 24.2 Å². The molecule has 2 aromatic heterocycles. The van der Waals surface area contributed by atoms with Crippen LogP contribution in [0.5, 0.6) is 0 Å². The summed E-state index contributed by atoms with van der Waals surface area (Å²) in [6.45, 7) is 0. The quantitative estimate of drug-likeness (QED) is 0.795. The molecular weight excluding hydrogens is 202 g/mol. The molecule has 1 aliphatic rings. The second kappa shape index (κ2) is 3.77. The zero-order valence-electron chi connectivity index (χ0n) is 9.15. The Morgan fingerprint density at radius 3 is 2.94 bits per heavy atom. The highest BCUT2D eigenvalue weighted by Gasteiger charge is 2.19. The van der Waals surface area contributed by atoms with Gasteiger partial charge in [0.05, 0.1) is 0 Å². The van der Waals surface area contributed by atoms with Crippen molar-refractivity contribution >= 4 is 5.65 Å². The van der Waals surface area contributed by atoms with Crippen molar-refractivity contribution in [3.8, 4) is 0 Å². The molecule has 0 unspecified atom stereocenters. The minimum atomic E-state index is -0.105. The molecule has 3 rings (SSSR count). The molecule has 0 spiro atoms. The third-order valence-corrected chi connectivity index (χ3v) is 3.51. The fraction of sp³-hybridized carbons (Fsp3) is 0.500. The fourth-order valence-electron chi connectivity index (χ4n) is 2.67. The number of hydrogen-bond acceptors (Lipinski definition) is 2. The van der Waals surface area contributed by atoms with Crippen LogP contribution >= 0.6 is 0 Å². The summed E-state index contributed by atoms with van der Waals surface area (Å²) < 4.78 is 1.60. The molecule has 0 amide bonds. The van der Waals surface area contributed by atoms with Crippen molar-refractivity contribution in [2.24, 2.45) is 0 Å². The van der Waals surface area contributed by atoms with E-state index in [-0.39, 0.29) is 5.69 Å². The van der Waals surface area contributed by atoms with Gasteiger partial charge in [0.25, 0.3) is 0 Å². The maximum Gasteiger partial charge on any atom is 0.331 e. The number of imidazole rings is 1. The first-order valence-electron chi connectivity index (χ1n) is 5.91. The highest BCUT2D eigenvalue weighted by Crippen LogP contribution is 2.33. The first-order chi connectivity index (χ1) is 7.86. The molecule has 2 aromatic rings. The van der Waals surface area contributed by atoms with Crippen molar-refractivity contribution in [2.45, 2.75) is 38.0 Å². The van der Waals surface area contributed by atoms with Crippen LogP contribution in [0.2, 0.25) is 0 Å². The number of fused-ring (bicyclic) bond motifs is 1. The van der Waals surface area contributed by atoms with Gasteiger partial charge < -0.3 is 4.98 Å². The van der Waals surface area contributed by atoms with Crippen LogP contribution in [0.1, 0.15) is 43.6 Å². The molecule has 1 saturated carbocycles. The van der Waals surface area contributed by atoms with Crippen LogP contribution in [0.3, 0.4) is 0 Å². The van der Waals surface area contributed by atoms with E-state index in [1.807, 2.05) is 6.20 Å². The average molecular weight is 217 g/mol. The Balaban J connectivity index is 2.12. The van der Waals surface area contributed by atoms with Gasteiger partial charge in [-0.25, -0.2) is 9.78 Å². The molecule has 0 atom stereocenters. The lowest BCUT2D eigenvalue weighted by atomic mass is 9.85. The number of aromatic amines is 1. The van der Waals surface area contributed by atoms with E-state index in [1.54, 1.807) is 16.8 Å². The van der Waals surface area contributed by atoms with Gasteiger partial charge in [0.1, 0.15) is 5.65 Å². The Morgan fingerprint density at radius 2 is 2.12 bits per heavy atom. The lowest BCUT2D eigenvalue weighted by Crippen LogP contribution is -2.18. The summed E-state index contributed by atoms with van der Waals surface area (Å²) >= 11 is 0. The lowest BCUT2D eigenvalue weighted by molar-refractivity contribution is 0.443. The summed E-state index contributed by atoms with van der Waals surface area (Å²) in [6, 6.07) is 0. The van der Waals surface area contributed by atoms with Crippen molar-refractivity contribution in [3.63, 3.8) is 0 Å². The largest absolute Gasteiger partial charge is 0.331 e. The van der Waals surface area contributed by atoms with Gasteiger partial charge in [-0.2, -0.15) is 0 Å². The molecule has 0 aromatic carbocycles. The van der Waals surface area contributed by atoms with E-state index in [2.05, 4.69) is 9.97 Å². The standard InChI is InChI=1S/C12H15N3O/c16-12-14-8-10(9-4-2-1-3-5-9)11-13-6-7-15(11)12/h6-9H,1-5H2,(H,14,16). The summed E-state index contributed by atoms with van der Waals surface area (Å²) in [5.74, 6) is 0.565. The molecule has 4 heteroatoms. The van der Waals surface area contributed by atoms with Gasteiger partial charge in [-0.05, 0) is 18.8 Å². The predicted molar refractivity (Wildman–Crippen MR) is 61.6 cm³/mol. The topological polar surface area (TPSA) is 50.2 Å². The number of hydrogen-bond donors (Lipinski definition) is 1. The Kier molecular flexibility index (Phi) is 2.27. The van der Waals surface area contributed by atoms with E-state index in [4.69, 9.17) is 0 Å². The molecule has 0 aliphatic heterocycles. The number of H-pyrrole nitrogens is 1. The summed E-state index contributed by atoms with van der Waals surface area (Å²) in [5.41, 5.74) is 1.92. The Morgan fingerprint density at radius 1 is 1.31 bits per heavy atom. The van der Waals surface area contributed by atoms with Crippen molar-refractivity contribution in [1.82, 2.24) is 14.4 Å². The summed E-state index contributed by atoms with van der Waals surface area (Å²) in [6.07, 6.45) is 11.6. The predicted octanol–water partition coefficient (Wildman–Crippen LogP) is 2.07. The Hall–Kier alpha value is -1.58. The molecule has 0 bridgehead atoms. The second-order valence-corrected chi connectivity index (χ2v) is 4.50. The van der Waals surface area contributed by atoms with Crippen LogP contribution in [0.4, 0.5) is 0 Å². The first-order valence-corrected chi connectivity index (χ1v) is 5.91. The minimum Gasteiger partial charge on any atom is -0.313 e. The number of nitrogens with one attached hydrogen (secondary N) is 1. The molecular formula is C12H15N3O. The van der Waals surface area contributed by atoms with Gasteiger partial charge in [0.15, 0.2) is 0 Å². The van der Waals surface area contributed by atoms with Crippen molar-refractivity contribution in [2.75, 3.05) is 0 Å². The number of rotatable bonds is 1. The minimum absolute atomic E-state index is 0.105. The van der Waals surface area contributed by atoms with E-state index in [1.165, 1.54) is 37.7 Å². The summed E-state index contributed by atoms with van der Waals surface area (Å²) in [7, 11) is 0. The average Bonchev–Trinajstić information content (AvgIpc) is 2.81. The monoisotopic (exact) mass is 217 g/mol. The third kappa shape index (κ3) is 1.45. The molecule has 1 aliphatic carbocycles. The summed E-state index contributed by atoms with van der Waals surface area (Å²) in [4.78, 5) is 18.6.